The maximum absolute atomic E-state index is 9.98. The third-order valence-electron chi connectivity index (χ3n) is 2.82. The van der Waals surface area contributed by atoms with E-state index >= 15 is 0 Å². The van der Waals surface area contributed by atoms with E-state index < -0.39 is 0 Å². The monoisotopic (exact) mass is 244 g/mol. The van der Waals surface area contributed by atoms with Gasteiger partial charge in [-0.2, -0.15) is 0 Å². The van der Waals surface area contributed by atoms with Crippen LogP contribution in [0.2, 0.25) is 0 Å². The van der Waals surface area contributed by atoms with Crippen molar-refractivity contribution < 1.29 is 5.11 Å². The molecule has 0 spiro atoms. The van der Waals surface area contributed by atoms with Crippen molar-refractivity contribution in [2.45, 2.75) is 30.6 Å². The molecule has 0 aromatic heterocycles. The van der Waals surface area contributed by atoms with Gasteiger partial charge in [-0.25, -0.2) is 0 Å². The number of hydrogen-bond acceptors (Lipinski definition) is 2. The van der Waals surface area contributed by atoms with E-state index in [0.717, 1.165) is 16.0 Å². The molecule has 0 fully saturated rings. The van der Waals surface area contributed by atoms with Gasteiger partial charge in [0.15, 0.2) is 0 Å². The topological polar surface area (TPSA) is 20.2 Å². The summed E-state index contributed by atoms with van der Waals surface area (Å²) in [6, 6.07) is 12.3. The number of aryl methyl sites for hydroxylation is 2. The Balaban J connectivity index is 2.43. The lowest BCUT2D eigenvalue weighted by atomic mass is 10.1. The normalized spacial score (nSPS) is 10.5. The minimum Gasteiger partial charge on any atom is -0.507 e. The number of phenols is 1. The highest BCUT2D eigenvalue weighted by atomic mass is 32.2. The van der Waals surface area contributed by atoms with Gasteiger partial charge in [0.1, 0.15) is 5.75 Å². The lowest BCUT2D eigenvalue weighted by Crippen LogP contribution is -1.89. The van der Waals surface area contributed by atoms with Crippen LogP contribution in [0.15, 0.2) is 46.2 Å². The summed E-state index contributed by atoms with van der Waals surface area (Å²) in [6.45, 7) is 6.00. The van der Waals surface area contributed by atoms with Crippen LogP contribution in [0.5, 0.6) is 5.75 Å². The fraction of sp³-hybridized carbons (Fsp3) is 0.200. The molecule has 0 unspecified atom stereocenters. The third-order valence-corrected chi connectivity index (χ3v) is 4.16. The number of rotatable bonds is 2. The van der Waals surface area contributed by atoms with E-state index in [1.54, 1.807) is 11.8 Å². The molecule has 0 heterocycles. The fourth-order valence-electron chi connectivity index (χ4n) is 1.92. The molecule has 1 N–H and O–H groups in total. The van der Waals surface area contributed by atoms with Gasteiger partial charge in [0.25, 0.3) is 0 Å². The first-order chi connectivity index (χ1) is 8.09. The van der Waals surface area contributed by atoms with Crippen LogP contribution in [0.1, 0.15) is 16.7 Å². The molecule has 88 valence electrons. The summed E-state index contributed by atoms with van der Waals surface area (Å²) < 4.78 is 0. The highest BCUT2D eigenvalue weighted by molar-refractivity contribution is 7.99. The average molecular weight is 244 g/mol. The van der Waals surface area contributed by atoms with Gasteiger partial charge in [-0.05, 0) is 44.0 Å². The average Bonchev–Trinajstić information content (AvgIpc) is 2.33. The van der Waals surface area contributed by atoms with Crippen LogP contribution in [0.25, 0.3) is 0 Å². The summed E-state index contributed by atoms with van der Waals surface area (Å²) >= 11 is 1.70. The SMILES string of the molecule is Cc1cc(C)c(Sc2ccccc2)c(C)c1O. The maximum Gasteiger partial charge on any atom is 0.122 e. The van der Waals surface area contributed by atoms with Gasteiger partial charge in [0, 0.05) is 15.4 Å². The molecular formula is C15H16OS. The Bertz CT molecular complexity index is 532. The van der Waals surface area contributed by atoms with Crippen molar-refractivity contribution >= 4 is 11.8 Å². The molecule has 17 heavy (non-hydrogen) atoms. The highest BCUT2D eigenvalue weighted by Gasteiger charge is 2.11. The number of phenolic OH excluding ortho intramolecular Hbond substituents is 1. The smallest absolute Gasteiger partial charge is 0.122 e. The Labute approximate surface area is 107 Å². The summed E-state index contributed by atoms with van der Waals surface area (Å²) in [6.07, 6.45) is 0. The molecule has 0 aliphatic heterocycles. The maximum atomic E-state index is 9.98. The van der Waals surface area contributed by atoms with Crippen LogP contribution in [-0.2, 0) is 0 Å². The molecular weight excluding hydrogens is 228 g/mol. The second-order valence-corrected chi connectivity index (χ2v) is 5.31. The summed E-state index contributed by atoms with van der Waals surface area (Å²) in [5, 5.41) is 9.98. The quantitative estimate of drug-likeness (QED) is 0.841. The van der Waals surface area contributed by atoms with Crippen LogP contribution in [0.4, 0.5) is 0 Å². The molecule has 0 saturated heterocycles. The molecule has 2 aromatic rings. The Kier molecular flexibility index (Phi) is 3.43. The first-order valence-corrected chi connectivity index (χ1v) is 6.44. The second-order valence-electron chi connectivity index (χ2n) is 4.23. The van der Waals surface area contributed by atoms with Crippen molar-refractivity contribution in [1.29, 1.82) is 0 Å². The lowest BCUT2D eigenvalue weighted by Gasteiger charge is -2.13. The predicted octanol–water partition coefficient (Wildman–Crippen LogP) is 4.47. The third kappa shape index (κ3) is 2.47. The second kappa shape index (κ2) is 4.84. The zero-order valence-corrected chi connectivity index (χ0v) is 11.1. The van der Waals surface area contributed by atoms with E-state index in [2.05, 4.69) is 19.1 Å². The minimum absolute atomic E-state index is 0.411. The number of aromatic hydroxyl groups is 1. The largest absolute Gasteiger partial charge is 0.507 e. The molecule has 2 aromatic carbocycles. The van der Waals surface area contributed by atoms with Crippen LogP contribution in [0, 0.1) is 20.8 Å². The van der Waals surface area contributed by atoms with E-state index in [9.17, 15) is 5.11 Å². The standard InChI is InChI=1S/C15H16OS/c1-10-9-11(2)15(12(3)14(10)16)17-13-7-5-4-6-8-13/h4-9,16H,1-3H3. The van der Waals surface area contributed by atoms with Crippen LogP contribution >= 0.6 is 11.8 Å². The van der Waals surface area contributed by atoms with Crippen LogP contribution in [-0.4, -0.2) is 5.11 Å². The van der Waals surface area contributed by atoms with Crippen molar-refractivity contribution in [2.24, 2.45) is 0 Å². The molecule has 0 radical (unpaired) electrons. The Morgan fingerprint density at radius 1 is 0.941 bits per heavy atom. The molecule has 0 aliphatic rings. The first-order valence-electron chi connectivity index (χ1n) is 5.62. The summed E-state index contributed by atoms with van der Waals surface area (Å²) in [4.78, 5) is 2.35. The fourth-order valence-corrected chi connectivity index (χ4v) is 2.92. The van der Waals surface area contributed by atoms with E-state index in [-0.39, 0.29) is 0 Å². The van der Waals surface area contributed by atoms with E-state index in [0.29, 0.717) is 5.75 Å². The highest BCUT2D eigenvalue weighted by Crippen LogP contribution is 2.38. The molecule has 0 bridgehead atoms. The Morgan fingerprint density at radius 3 is 2.24 bits per heavy atom. The Morgan fingerprint density at radius 2 is 1.59 bits per heavy atom. The van der Waals surface area contributed by atoms with Gasteiger partial charge in [-0.15, -0.1) is 0 Å². The molecule has 2 heteroatoms. The molecule has 0 aliphatic carbocycles. The van der Waals surface area contributed by atoms with Gasteiger partial charge in [-0.1, -0.05) is 36.0 Å². The van der Waals surface area contributed by atoms with Gasteiger partial charge in [0.2, 0.25) is 0 Å². The number of benzene rings is 2. The molecule has 0 amide bonds. The molecule has 1 nitrogen and oxygen atoms in total. The van der Waals surface area contributed by atoms with E-state index in [4.69, 9.17) is 0 Å². The van der Waals surface area contributed by atoms with Gasteiger partial charge < -0.3 is 5.11 Å². The first kappa shape index (κ1) is 12.1. The van der Waals surface area contributed by atoms with Gasteiger partial charge >= 0.3 is 0 Å². The summed E-state index contributed by atoms with van der Waals surface area (Å²) in [5.41, 5.74) is 3.13. The van der Waals surface area contributed by atoms with E-state index in [1.165, 1.54) is 10.5 Å². The van der Waals surface area contributed by atoms with Crippen molar-refractivity contribution in [3.63, 3.8) is 0 Å². The van der Waals surface area contributed by atoms with Crippen LogP contribution in [0.3, 0.4) is 0 Å². The van der Waals surface area contributed by atoms with Crippen molar-refractivity contribution in [3.8, 4) is 5.75 Å². The van der Waals surface area contributed by atoms with Crippen molar-refractivity contribution in [3.05, 3.63) is 53.1 Å². The van der Waals surface area contributed by atoms with Crippen LogP contribution < -0.4 is 0 Å². The molecule has 2 rings (SSSR count). The summed E-state index contributed by atoms with van der Waals surface area (Å²) in [7, 11) is 0. The lowest BCUT2D eigenvalue weighted by molar-refractivity contribution is 0.464. The van der Waals surface area contributed by atoms with Crippen molar-refractivity contribution in [1.82, 2.24) is 0 Å². The minimum atomic E-state index is 0.411. The molecule has 0 saturated carbocycles. The van der Waals surface area contributed by atoms with Gasteiger partial charge in [0.05, 0.1) is 0 Å². The predicted molar refractivity (Wildman–Crippen MR) is 72.9 cm³/mol. The zero-order valence-electron chi connectivity index (χ0n) is 10.3. The van der Waals surface area contributed by atoms with E-state index in [1.807, 2.05) is 38.1 Å². The summed E-state index contributed by atoms with van der Waals surface area (Å²) in [5.74, 6) is 0.411. The van der Waals surface area contributed by atoms with Crippen molar-refractivity contribution in [2.75, 3.05) is 0 Å². The zero-order chi connectivity index (χ0) is 12.4. The number of hydrogen-bond donors (Lipinski definition) is 1. The molecule has 0 atom stereocenters. The van der Waals surface area contributed by atoms with Gasteiger partial charge in [-0.3, -0.25) is 0 Å². The Hall–Kier alpha value is -1.41.